The third-order valence-electron chi connectivity index (χ3n) is 4.15. The Balaban J connectivity index is 1.52. The van der Waals surface area contributed by atoms with Gasteiger partial charge in [0.25, 0.3) is 0 Å². The minimum Gasteiger partial charge on any atom is -0.489 e. The Morgan fingerprint density at radius 1 is 1.04 bits per heavy atom. The zero-order valence-corrected chi connectivity index (χ0v) is 15.7. The number of benzene rings is 3. The molecule has 0 bridgehead atoms. The summed E-state index contributed by atoms with van der Waals surface area (Å²) in [7, 11) is 0. The van der Waals surface area contributed by atoms with Gasteiger partial charge in [0.2, 0.25) is 5.78 Å². The summed E-state index contributed by atoms with van der Waals surface area (Å²) in [4.78, 5) is 12.5. The molecule has 134 valence electrons. The van der Waals surface area contributed by atoms with Crippen LogP contribution in [0.2, 0.25) is 0 Å². The van der Waals surface area contributed by atoms with E-state index in [4.69, 9.17) is 9.47 Å². The molecule has 1 aliphatic rings. The molecule has 1 heterocycles. The molecule has 0 aliphatic carbocycles. The average Bonchev–Trinajstić information content (AvgIpc) is 2.98. The maximum absolute atomic E-state index is 13.8. The Morgan fingerprint density at radius 2 is 1.81 bits per heavy atom. The molecule has 0 amide bonds. The second-order valence-electron chi connectivity index (χ2n) is 6.03. The van der Waals surface area contributed by atoms with Crippen molar-refractivity contribution in [3.8, 4) is 11.5 Å². The molecule has 0 radical (unpaired) electrons. The summed E-state index contributed by atoms with van der Waals surface area (Å²) in [5.41, 5.74) is 1.77. The van der Waals surface area contributed by atoms with Crippen LogP contribution in [0.25, 0.3) is 6.08 Å². The second kappa shape index (κ2) is 7.37. The van der Waals surface area contributed by atoms with E-state index in [1.54, 1.807) is 36.4 Å². The SMILES string of the molecule is O=C1/C(=C/c2ccccc2F)Oc2cc(OCc3ccc(Br)cc3)ccc21. The number of rotatable bonds is 4. The van der Waals surface area contributed by atoms with Gasteiger partial charge in [-0.25, -0.2) is 4.39 Å². The highest BCUT2D eigenvalue weighted by Gasteiger charge is 2.28. The smallest absolute Gasteiger partial charge is 0.231 e. The van der Waals surface area contributed by atoms with Gasteiger partial charge in [-0.05, 0) is 42.0 Å². The van der Waals surface area contributed by atoms with Crippen molar-refractivity contribution in [2.75, 3.05) is 0 Å². The summed E-state index contributed by atoms with van der Waals surface area (Å²) in [5.74, 6) is 0.427. The Hall–Kier alpha value is -2.92. The monoisotopic (exact) mass is 424 g/mol. The first kappa shape index (κ1) is 17.5. The number of Topliss-reactive ketones (excluding diaryl/α,β-unsaturated/α-hetero) is 1. The third-order valence-corrected chi connectivity index (χ3v) is 4.68. The largest absolute Gasteiger partial charge is 0.489 e. The Bertz CT molecular complexity index is 1040. The summed E-state index contributed by atoms with van der Waals surface area (Å²) in [6.45, 7) is 0.401. The standard InChI is InChI=1S/C22H14BrFO3/c23-16-7-5-14(6-8-16)13-26-17-9-10-18-20(12-17)27-21(22(18)25)11-15-3-1-2-4-19(15)24/h1-12H,13H2/b21-11-. The highest BCUT2D eigenvalue weighted by atomic mass is 79.9. The van der Waals surface area contributed by atoms with Crippen LogP contribution in [-0.2, 0) is 6.61 Å². The number of carbonyl (C=O) groups is 1. The molecule has 3 nitrogen and oxygen atoms in total. The van der Waals surface area contributed by atoms with Crippen molar-refractivity contribution in [3.05, 3.63) is 99.5 Å². The number of carbonyl (C=O) groups excluding carboxylic acids is 1. The molecular weight excluding hydrogens is 411 g/mol. The lowest BCUT2D eigenvalue weighted by atomic mass is 10.1. The Kier molecular flexibility index (Phi) is 4.77. The molecule has 27 heavy (non-hydrogen) atoms. The van der Waals surface area contributed by atoms with Gasteiger partial charge in [-0.2, -0.15) is 0 Å². The molecule has 0 atom stereocenters. The van der Waals surface area contributed by atoms with Crippen LogP contribution >= 0.6 is 15.9 Å². The fourth-order valence-corrected chi connectivity index (χ4v) is 3.00. The van der Waals surface area contributed by atoms with Crippen molar-refractivity contribution >= 4 is 27.8 Å². The van der Waals surface area contributed by atoms with Gasteiger partial charge in [-0.1, -0.05) is 46.3 Å². The summed E-state index contributed by atoms with van der Waals surface area (Å²) >= 11 is 3.40. The van der Waals surface area contributed by atoms with Gasteiger partial charge in [-0.15, -0.1) is 0 Å². The van der Waals surface area contributed by atoms with Crippen LogP contribution in [0.5, 0.6) is 11.5 Å². The first-order valence-corrected chi connectivity index (χ1v) is 9.09. The summed E-state index contributed by atoms with van der Waals surface area (Å²) < 4.78 is 26.2. The van der Waals surface area contributed by atoms with Crippen LogP contribution in [0.3, 0.4) is 0 Å². The van der Waals surface area contributed by atoms with Crippen molar-refractivity contribution in [2.24, 2.45) is 0 Å². The summed E-state index contributed by atoms with van der Waals surface area (Å²) in [5, 5.41) is 0. The van der Waals surface area contributed by atoms with E-state index in [1.165, 1.54) is 12.1 Å². The minimum absolute atomic E-state index is 0.0974. The Labute approximate surface area is 164 Å². The molecule has 0 spiro atoms. The van der Waals surface area contributed by atoms with Crippen molar-refractivity contribution in [1.29, 1.82) is 0 Å². The minimum atomic E-state index is -0.407. The van der Waals surface area contributed by atoms with E-state index in [-0.39, 0.29) is 11.5 Å². The Morgan fingerprint density at radius 3 is 2.59 bits per heavy atom. The lowest BCUT2D eigenvalue weighted by Crippen LogP contribution is -1.98. The number of fused-ring (bicyclic) bond motifs is 1. The lowest BCUT2D eigenvalue weighted by molar-refractivity contribution is 0.101. The number of halogens is 2. The fourth-order valence-electron chi connectivity index (χ4n) is 2.74. The van der Waals surface area contributed by atoms with Crippen LogP contribution in [0, 0.1) is 5.82 Å². The van der Waals surface area contributed by atoms with Crippen molar-refractivity contribution in [1.82, 2.24) is 0 Å². The topological polar surface area (TPSA) is 35.5 Å². The van der Waals surface area contributed by atoms with E-state index >= 15 is 0 Å². The maximum Gasteiger partial charge on any atom is 0.231 e. The van der Waals surface area contributed by atoms with Crippen LogP contribution in [0.4, 0.5) is 4.39 Å². The predicted octanol–water partition coefficient (Wildman–Crippen LogP) is 5.78. The quantitative estimate of drug-likeness (QED) is 0.497. The summed E-state index contributed by atoms with van der Waals surface area (Å²) in [6.07, 6.45) is 1.42. The van der Waals surface area contributed by atoms with Crippen LogP contribution in [-0.4, -0.2) is 5.78 Å². The number of ketones is 1. The number of hydrogen-bond donors (Lipinski definition) is 0. The third kappa shape index (κ3) is 3.78. The molecule has 0 fully saturated rings. The molecule has 0 saturated carbocycles. The number of ether oxygens (including phenoxy) is 2. The average molecular weight is 425 g/mol. The molecule has 0 unspecified atom stereocenters. The highest BCUT2D eigenvalue weighted by molar-refractivity contribution is 9.10. The normalized spacial score (nSPS) is 14.1. The molecule has 0 N–H and O–H groups in total. The van der Waals surface area contributed by atoms with E-state index in [1.807, 2.05) is 24.3 Å². The number of allylic oxidation sites excluding steroid dienone is 1. The first-order chi connectivity index (χ1) is 13.1. The lowest BCUT2D eigenvalue weighted by Gasteiger charge is -2.07. The molecule has 0 saturated heterocycles. The van der Waals surface area contributed by atoms with Crippen molar-refractivity contribution in [2.45, 2.75) is 6.61 Å². The van der Waals surface area contributed by atoms with Crippen LogP contribution < -0.4 is 9.47 Å². The zero-order valence-electron chi connectivity index (χ0n) is 14.1. The van der Waals surface area contributed by atoms with Gasteiger partial charge in [0, 0.05) is 16.1 Å². The van der Waals surface area contributed by atoms with E-state index in [2.05, 4.69) is 15.9 Å². The maximum atomic E-state index is 13.8. The molecular formula is C22H14BrFO3. The molecule has 3 aromatic rings. The molecule has 5 heteroatoms. The molecule has 0 aromatic heterocycles. The van der Waals surface area contributed by atoms with E-state index in [0.717, 1.165) is 10.0 Å². The molecule has 1 aliphatic heterocycles. The van der Waals surface area contributed by atoms with Crippen molar-refractivity contribution in [3.63, 3.8) is 0 Å². The van der Waals surface area contributed by atoms with E-state index in [9.17, 15) is 9.18 Å². The van der Waals surface area contributed by atoms with Crippen LogP contribution in [0.15, 0.2) is 77.0 Å². The van der Waals surface area contributed by atoms with Crippen molar-refractivity contribution < 1.29 is 18.7 Å². The van der Waals surface area contributed by atoms with Crippen LogP contribution in [0.1, 0.15) is 21.5 Å². The fraction of sp³-hybridized carbons (Fsp3) is 0.0455. The van der Waals surface area contributed by atoms with E-state index < -0.39 is 5.82 Å². The molecule has 4 rings (SSSR count). The van der Waals surface area contributed by atoms with Gasteiger partial charge in [0.05, 0.1) is 5.56 Å². The summed E-state index contributed by atoms with van der Waals surface area (Å²) in [6, 6.07) is 19.1. The second-order valence-corrected chi connectivity index (χ2v) is 6.95. The van der Waals surface area contributed by atoms with Gasteiger partial charge < -0.3 is 9.47 Å². The highest BCUT2D eigenvalue weighted by Crippen LogP contribution is 2.35. The molecule has 3 aromatic carbocycles. The van der Waals surface area contributed by atoms with Gasteiger partial charge in [0.15, 0.2) is 5.76 Å². The number of hydrogen-bond acceptors (Lipinski definition) is 3. The first-order valence-electron chi connectivity index (χ1n) is 8.30. The zero-order chi connectivity index (χ0) is 18.8. The predicted molar refractivity (Wildman–Crippen MR) is 104 cm³/mol. The van der Waals surface area contributed by atoms with Gasteiger partial charge >= 0.3 is 0 Å². The van der Waals surface area contributed by atoms with E-state index in [0.29, 0.717) is 29.2 Å². The van der Waals surface area contributed by atoms with Gasteiger partial charge in [-0.3, -0.25) is 4.79 Å². The van der Waals surface area contributed by atoms with Gasteiger partial charge in [0.1, 0.15) is 23.9 Å².